The smallest absolute Gasteiger partial charge is 0.335 e. The Labute approximate surface area is 193 Å². The number of carboxylic acids is 1. The third kappa shape index (κ3) is 4.24. The molecule has 8 heteroatoms. The summed E-state index contributed by atoms with van der Waals surface area (Å²) in [6.45, 7) is -0.182. The van der Waals surface area contributed by atoms with Crippen molar-refractivity contribution in [3.63, 3.8) is 0 Å². The van der Waals surface area contributed by atoms with Crippen LogP contribution in [-0.4, -0.2) is 27.2 Å². The van der Waals surface area contributed by atoms with Gasteiger partial charge in [-0.2, -0.15) is 0 Å². The number of Topliss-reactive ketones (excluding diaryl/α,β-unsaturated/α-hetero) is 2. The highest BCUT2D eigenvalue weighted by molar-refractivity contribution is 6.35. The van der Waals surface area contributed by atoms with Crippen molar-refractivity contribution in [1.29, 1.82) is 0 Å². The number of halogens is 2. The molecule has 6 nitrogen and oxygen atoms in total. The normalized spacial score (nSPS) is 12.6. The molecule has 0 bridgehead atoms. The van der Waals surface area contributed by atoms with Crippen LogP contribution in [0.2, 0.25) is 10.0 Å². The zero-order valence-corrected chi connectivity index (χ0v) is 18.2. The van der Waals surface area contributed by atoms with Crippen LogP contribution in [0.3, 0.4) is 0 Å². The summed E-state index contributed by atoms with van der Waals surface area (Å²) in [6.07, 6.45) is 0.641. The number of ketones is 2. The fourth-order valence-electron chi connectivity index (χ4n) is 3.94. The lowest BCUT2D eigenvalue weighted by molar-refractivity contribution is -0.119. The van der Waals surface area contributed by atoms with Crippen LogP contribution >= 0.6 is 23.2 Å². The molecule has 1 N–H and O–H groups in total. The molecule has 0 saturated carbocycles. The summed E-state index contributed by atoms with van der Waals surface area (Å²) in [7, 11) is 0. The molecule has 0 fully saturated rings. The highest BCUT2D eigenvalue weighted by Crippen LogP contribution is 2.36. The molecule has 0 aliphatic heterocycles. The molecule has 0 amide bonds. The van der Waals surface area contributed by atoms with Gasteiger partial charge in [-0.25, -0.2) is 4.79 Å². The Kier molecular flexibility index (Phi) is 6.00. The quantitative estimate of drug-likeness (QED) is 0.574. The van der Waals surface area contributed by atoms with E-state index in [1.54, 1.807) is 30.3 Å². The first kappa shape index (κ1) is 22.0. The molecule has 0 radical (unpaired) electrons. The number of hydrogen-bond acceptors (Lipinski definition) is 4. The summed E-state index contributed by atoms with van der Waals surface area (Å²) in [6, 6.07) is 12.2. The molecule has 1 aliphatic carbocycles. The predicted octanol–water partition coefficient (Wildman–Crippen LogP) is 4.46. The SMILES string of the molecule is O=C(Cc1ccc(C(=O)O)cc1)Cn1c2c(c(-c3cc(Cl)ccc3Cl)cc1=O)C(=O)CC2. The van der Waals surface area contributed by atoms with Gasteiger partial charge in [-0.1, -0.05) is 35.3 Å². The lowest BCUT2D eigenvalue weighted by Crippen LogP contribution is -2.28. The Bertz CT molecular complexity index is 1330. The van der Waals surface area contributed by atoms with E-state index in [1.165, 1.54) is 22.8 Å². The number of benzene rings is 2. The zero-order valence-electron chi connectivity index (χ0n) is 16.7. The number of carboxylic acid groups (broad SMARTS) is 1. The standard InChI is InChI=1S/C24H17Cl2NO5/c25-15-5-6-19(26)17(10-15)18-11-22(30)27(20-7-8-21(29)23(18)20)12-16(28)9-13-1-3-14(4-2-13)24(31)32/h1-6,10-11H,7-9,12H2,(H,31,32). The summed E-state index contributed by atoms with van der Waals surface area (Å²) in [5.74, 6) is -1.39. The first-order valence-corrected chi connectivity index (χ1v) is 10.6. The van der Waals surface area contributed by atoms with E-state index in [-0.39, 0.29) is 36.5 Å². The molecule has 4 rings (SSSR count). The van der Waals surface area contributed by atoms with Crippen LogP contribution in [-0.2, 0) is 24.2 Å². The van der Waals surface area contributed by atoms with Crippen LogP contribution in [0.15, 0.2) is 53.3 Å². The molecule has 162 valence electrons. The molecule has 1 aromatic heterocycles. The molecule has 0 unspecified atom stereocenters. The van der Waals surface area contributed by atoms with Crippen molar-refractivity contribution in [2.75, 3.05) is 0 Å². The maximum absolute atomic E-state index is 12.9. The second kappa shape index (κ2) is 8.73. The molecule has 2 aromatic carbocycles. The highest BCUT2D eigenvalue weighted by atomic mass is 35.5. The van der Waals surface area contributed by atoms with Gasteiger partial charge in [0.15, 0.2) is 11.6 Å². The monoisotopic (exact) mass is 469 g/mol. The van der Waals surface area contributed by atoms with E-state index in [2.05, 4.69) is 0 Å². The van der Waals surface area contributed by atoms with Crippen LogP contribution in [0.25, 0.3) is 11.1 Å². The average molecular weight is 470 g/mol. The Balaban J connectivity index is 1.68. The van der Waals surface area contributed by atoms with Crippen LogP contribution < -0.4 is 5.56 Å². The lowest BCUT2D eigenvalue weighted by atomic mass is 9.98. The Morgan fingerprint density at radius 1 is 0.938 bits per heavy atom. The number of pyridine rings is 1. The van der Waals surface area contributed by atoms with Crippen molar-refractivity contribution < 1.29 is 19.5 Å². The molecular formula is C24H17Cl2NO5. The topological polar surface area (TPSA) is 93.4 Å². The van der Waals surface area contributed by atoms with Crippen molar-refractivity contribution in [2.24, 2.45) is 0 Å². The number of fused-ring (bicyclic) bond motifs is 1. The minimum absolute atomic E-state index is 0.0386. The molecule has 0 saturated heterocycles. The number of carbonyl (C=O) groups is 3. The third-order valence-corrected chi connectivity index (χ3v) is 6.01. The highest BCUT2D eigenvalue weighted by Gasteiger charge is 2.29. The third-order valence-electron chi connectivity index (χ3n) is 5.44. The van der Waals surface area contributed by atoms with E-state index >= 15 is 0 Å². The number of aromatic carboxylic acids is 1. The number of hydrogen-bond donors (Lipinski definition) is 1. The van der Waals surface area contributed by atoms with Crippen molar-refractivity contribution in [1.82, 2.24) is 4.57 Å². The van der Waals surface area contributed by atoms with Gasteiger partial charge in [-0.15, -0.1) is 0 Å². The van der Waals surface area contributed by atoms with Crippen molar-refractivity contribution >= 4 is 40.7 Å². The van der Waals surface area contributed by atoms with Crippen molar-refractivity contribution in [2.45, 2.75) is 25.8 Å². The van der Waals surface area contributed by atoms with Crippen LogP contribution in [0.5, 0.6) is 0 Å². The summed E-state index contributed by atoms with van der Waals surface area (Å²) in [5, 5.41) is 9.78. The van der Waals surface area contributed by atoms with Crippen molar-refractivity contribution in [3.05, 3.63) is 91.3 Å². The Morgan fingerprint density at radius 2 is 1.66 bits per heavy atom. The van der Waals surface area contributed by atoms with Crippen molar-refractivity contribution in [3.8, 4) is 11.1 Å². The van der Waals surface area contributed by atoms with Gasteiger partial charge in [0.2, 0.25) is 0 Å². The fraction of sp³-hybridized carbons (Fsp3) is 0.167. The second-order valence-electron chi connectivity index (χ2n) is 7.57. The van der Waals surface area contributed by atoms with Gasteiger partial charge in [0, 0.05) is 51.3 Å². The van der Waals surface area contributed by atoms with Gasteiger partial charge >= 0.3 is 5.97 Å². The fourth-order valence-corrected chi connectivity index (χ4v) is 4.33. The van der Waals surface area contributed by atoms with Gasteiger partial charge in [0.1, 0.15) is 0 Å². The second-order valence-corrected chi connectivity index (χ2v) is 8.41. The van der Waals surface area contributed by atoms with E-state index in [9.17, 15) is 19.2 Å². The van der Waals surface area contributed by atoms with E-state index in [4.69, 9.17) is 28.3 Å². The number of aromatic nitrogens is 1. The van der Waals surface area contributed by atoms with E-state index in [1.807, 2.05) is 0 Å². The van der Waals surface area contributed by atoms with Gasteiger partial charge in [-0.05, 0) is 42.3 Å². The maximum Gasteiger partial charge on any atom is 0.335 e. The number of carbonyl (C=O) groups excluding carboxylic acids is 2. The van der Waals surface area contributed by atoms with E-state index < -0.39 is 11.5 Å². The van der Waals surface area contributed by atoms with Gasteiger partial charge < -0.3 is 9.67 Å². The largest absolute Gasteiger partial charge is 0.478 e. The predicted molar refractivity (Wildman–Crippen MR) is 121 cm³/mol. The minimum atomic E-state index is -1.05. The summed E-state index contributed by atoms with van der Waals surface area (Å²) < 4.78 is 1.34. The molecular weight excluding hydrogens is 453 g/mol. The molecule has 0 spiro atoms. The maximum atomic E-state index is 12.9. The first-order chi connectivity index (χ1) is 15.2. The summed E-state index contributed by atoms with van der Waals surface area (Å²) >= 11 is 12.4. The van der Waals surface area contributed by atoms with Crippen LogP contribution in [0.1, 0.15) is 38.4 Å². The molecule has 1 heterocycles. The van der Waals surface area contributed by atoms with Crippen LogP contribution in [0, 0.1) is 0 Å². The van der Waals surface area contributed by atoms with E-state index in [0.29, 0.717) is 44.4 Å². The number of rotatable bonds is 6. The van der Waals surface area contributed by atoms with Gasteiger partial charge in [-0.3, -0.25) is 14.4 Å². The van der Waals surface area contributed by atoms with Gasteiger partial charge in [0.25, 0.3) is 5.56 Å². The molecule has 1 aliphatic rings. The molecule has 3 aromatic rings. The average Bonchev–Trinajstić information content (AvgIpc) is 3.13. The van der Waals surface area contributed by atoms with Gasteiger partial charge in [0.05, 0.1) is 12.1 Å². The Morgan fingerprint density at radius 3 is 2.34 bits per heavy atom. The minimum Gasteiger partial charge on any atom is -0.478 e. The van der Waals surface area contributed by atoms with Crippen LogP contribution in [0.4, 0.5) is 0 Å². The number of nitrogens with zero attached hydrogens (tertiary/aromatic N) is 1. The molecule has 32 heavy (non-hydrogen) atoms. The lowest BCUT2D eigenvalue weighted by Gasteiger charge is -2.15. The molecule has 0 atom stereocenters. The van der Waals surface area contributed by atoms with E-state index in [0.717, 1.165) is 0 Å². The summed E-state index contributed by atoms with van der Waals surface area (Å²) in [4.78, 5) is 49.3. The Hall–Kier alpha value is -3.22. The summed E-state index contributed by atoms with van der Waals surface area (Å²) in [5.41, 5.74) is 2.20. The zero-order chi connectivity index (χ0) is 23.0. The first-order valence-electron chi connectivity index (χ1n) is 9.84.